The summed E-state index contributed by atoms with van der Waals surface area (Å²) < 4.78 is 27.4. The minimum absolute atomic E-state index is 0.0617. The number of carbonyl (C=O) groups is 1. The molecular weight excluding hydrogens is 384 g/mol. The molecule has 0 aliphatic heterocycles. The van der Waals surface area contributed by atoms with E-state index in [1.807, 2.05) is 69.3 Å². The second kappa shape index (κ2) is 10.9. The van der Waals surface area contributed by atoms with E-state index < -0.39 is 16.1 Å². The number of hydrogen-bond donors (Lipinski definition) is 2. The van der Waals surface area contributed by atoms with Crippen molar-refractivity contribution in [1.29, 1.82) is 0 Å². The van der Waals surface area contributed by atoms with Crippen molar-refractivity contribution < 1.29 is 13.2 Å². The van der Waals surface area contributed by atoms with Crippen molar-refractivity contribution in [2.75, 3.05) is 0 Å². The summed E-state index contributed by atoms with van der Waals surface area (Å²) in [5.41, 5.74) is 1.98. The van der Waals surface area contributed by atoms with Crippen molar-refractivity contribution in [2.45, 2.75) is 45.7 Å². The molecule has 0 saturated heterocycles. The molecule has 0 heterocycles. The van der Waals surface area contributed by atoms with Gasteiger partial charge in [-0.1, -0.05) is 74.5 Å². The van der Waals surface area contributed by atoms with Crippen LogP contribution in [-0.4, -0.2) is 26.4 Å². The summed E-state index contributed by atoms with van der Waals surface area (Å²) in [5, 5.41) is 4.04. The summed E-state index contributed by atoms with van der Waals surface area (Å²) in [7, 11) is -3.75. The molecule has 0 fully saturated rings. The van der Waals surface area contributed by atoms with Crippen LogP contribution < -0.4 is 10.0 Å². The van der Waals surface area contributed by atoms with Crippen LogP contribution in [0.1, 0.15) is 38.3 Å². The number of hydrogen-bond acceptors (Lipinski definition) is 3. The highest BCUT2D eigenvalue weighted by Gasteiger charge is 2.27. The van der Waals surface area contributed by atoms with E-state index in [0.717, 1.165) is 23.8 Å². The Balaban J connectivity index is 1.95. The Bertz CT molecular complexity index is 894. The lowest BCUT2D eigenvalue weighted by atomic mass is 10.0. The van der Waals surface area contributed by atoms with Gasteiger partial charge in [0.05, 0.1) is 0 Å². The first-order chi connectivity index (χ1) is 13.8. The molecule has 2 rings (SSSR count). The van der Waals surface area contributed by atoms with Crippen LogP contribution in [0, 0.1) is 5.92 Å². The molecule has 0 aromatic heterocycles. The maximum Gasteiger partial charge on any atom is 0.238 e. The average Bonchev–Trinajstić information content (AvgIpc) is 2.70. The highest BCUT2D eigenvalue weighted by atomic mass is 32.2. The van der Waals surface area contributed by atoms with Crippen LogP contribution in [0.5, 0.6) is 0 Å². The first-order valence-electron chi connectivity index (χ1n) is 9.86. The van der Waals surface area contributed by atoms with E-state index in [-0.39, 0.29) is 17.9 Å². The number of carbonyl (C=O) groups excluding carboxylic acids is 1. The number of rotatable bonds is 10. The van der Waals surface area contributed by atoms with Gasteiger partial charge in [0.2, 0.25) is 15.9 Å². The van der Waals surface area contributed by atoms with E-state index in [0.29, 0.717) is 0 Å². The molecule has 0 radical (unpaired) electrons. The Morgan fingerprint density at radius 1 is 0.966 bits per heavy atom. The maximum absolute atomic E-state index is 12.7. The van der Waals surface area contributed by atoms with Gasteiger partial charge in [0.25, 0.3) is 0 Å². The van der Waals surface area contributed by atoms with Crippen LogP contribution in [0.25, 0.3) is 6.08 Å². The highest BCUT2D eigenvalue weighted by molar-refractivity contribution is 7.92. The molecule has 2 aromatic rings. The van der Waals surface area contributed by atoms with Crippen LogP contribution in [0.2, 0.25) is 0 Å². The fraction of sp³-hybridized carbons (Fsp3) is 0.348. The minimum Gasteiger partial charge on any atom is -0.352 e. The largest absolute Gasteiger partial charge is 0.352 e. The molecule has 156 valence electrons. The summed E-state index contributed by atoms with van der Waals surface area (Å²) in [6.07, 6.45) is 3.14. The Labute approximate surface area is 174 Å². The van der Waals surface area contributed by atoms with Crippen LogP contribution in [0.15, 0.2) is 66.1 Å². The number of aryl methyl sites for hydroxylation is 1. The first kappa shape index (κ1) is 22.8. The predicted molar refractivity (Wildman–Crippen MR) is 119 cm³/mol. The van der Waals surface area contributed by atoms with Crippen LogP contribution in [0.4, 0.5) is 0 Å². The molecular formula is C23H30N2O3S. The molecule has 0 bridgehead atoms. The van der Waals surface area contributed by atoms with Crippen LogP contribution in [0.3, 0.4) is 0 Å². The third kappa shape index (κ3) is 8.21. The number of benzene rings is 2. The first-order valence-corrected chi connectivity index (χ1v) is 11.4. The molecule has 6 heteroatoms. The van der Waals surface area contributed by atoms with Gasteiger partial charge in [0.1, 0.15) is 6.04 Å². The van der Waals surface area contributed by atoms with Gasteiger partial charge in [0.15, 0.2) is 0 Å². The smallest absolute Gasteiger partial charge is 0.238 e. The van der Waals surface area contributed by atoms with Crippen molar-refractivity contribution in [3.05, 3.63) is 77.2 Å². The molecule has 5 nitrogen and oxygen atoms in total. The fourth-order valence-electron chi connectivity index (χ4n) is 2.87. The third-order valence-corrected chi connectivity index (χ3v) is 5.65. The molecule has 1 amide bonds. The van der Waals surface area contributed by atoms with Crippen molar-refractivity contribution in [3.8, 4) is 0 Å². The second-order valence-corrected chi connectivity index (χ2v) is 9.13. The Kier molecular flexibility index (Phi) is 8.61. The molecule has 0 saturated carbocycles. The Morgan fingerprint density at radius 2 is 1.55 bits per heavy atom. The number of amides is 1. The van der Waals surface area contributed by atoms with Gasteiger partial charge in [-0.05, 0) is 42.9 Å². The molecule has 2 aromatic carbocycles. The zero-order chi connectivity index (χ0) is 21.3. The Hall–Kier alpha value is -2.44. The van der Waals surface area contributed by atoms with Crippen molar-refractivity contribution >= 4 is 22.0 Å². The lowest BCUT2D eigenvalue weighted by Crippen LogP contribution is -2.51. The minimum atomic E-state index is -3.75. The van der Waals surface area contributed by atoms with E-state index in [1.54, 1.807) is 0 Å². The van der Waals surface area contributed by atoms with Gasteiger partial charge >= 0.3 is 0 Å². The monoisotopic (exact) mass is 414 g/mol. The van der Waals surface area contributed by atoms with Crippen molar-refractivity contribution in [3.63, 3.8) is 0 Å². The van der Waals surface area contributed by atoms with Crippen molar-refractivity contribution in [2.24, 2.45) is 5.92 Å². The normalized spacial score (nSPS) is 14.1. The molecule has 0 unspecified atom stereocenters. The predicted octanol–water partition coefficient (Wildman–Crippen LogP) is 3.74. The summed E-state index contributed by atoms with van der Waals surface area (Å²) >= 11 is 0. The van der Waals surface area contributed by atoms with Gasteiger partial charge in [-0.25, -0.2) is 8.42 Å². The van der Waals surface area contributed by atoms with Gasteiger partial charge in [0, 0.05) is 11.4 Å². The summed E-state index contributed by atoms with van der Waals surface area (Å²) in [6, 6.07) is 18.3. The molecule has 2 atom stereocenters. The average molecular weight is 415 g/mol. The van der Waals surface area contributed by atoms with E-state index in [9.17, 15) is 13.2 Å². The van der Waals surface area contributed by atoms with E-state index in [1.165, 1.54) is 11.6 Å². The van der Waals surface area contributed by atoms with Gasteiger partial charge in [-0.3, -0.25) is 4.79 Å². The molecule has 2 N–H and O–H groups in total. The van der Waals surface area contributed by atoms with Crippen LogP contribution >= 0.6 is 0 Å². The number of sulfonamides is 1. The standard InChI is InChI=1S/C23H30N2O3S/c1-18(2)22(25-29(27,28)17-16-21-12-8-5-9-13-21)23(26)24-19(3)14-15-20-10-6-4-7-11-20/h4-13,16-19,22,25H,14-15H2,1-3H3,(H,24,26)/b17-16+/t19-,22-/m0/s1. The fourth-order valence-corrected chi connectivity index (χ4v) is 4.02. The summed E-state index contributed by atoms with van der Waals surface area (Å²) in [4.78, 5) is 12.7. The molecule has 0 aliphatic carbocycles. The SMILES string of the molecule is CC(C)[C@H](NS(=O)(=O)/C=C/c1ccccc1)C(=O)N[C@@H](C)CCc1ccccc1. The van der Waals surface area contributed by atoms with Gasteiger partial charge in [-0.2, -0.15) is 4.72 Å². The van der Waals surface area contributed by atoms with E-state index >= 15 is 0 Å². The molecule has 29 heavy (non-hydrogen) atoms. The number of nitrogens with one attached hydrogen (secondary N) is 2. The molecule has 0 spiro atoms. The van der Waals surface area contributed by atoms with Crippen molar-refractivity contribution in [1.82, 2.24) is 10.0 Å². The lowest BCUT2D eigenvalue weighted by Gasteiger charge is -2.23. The summed E-state index contributed by atoms with van der Waals surface area (Å²) in [5.74, 6) is -0.492. The zero-order valence-electron chi connectivity index (χ0n) is 17.2. The zero-order valence-corrected chi connectivity index (χ0v) is 18.0. The maximum atomic E-state index is 12.7. The topological polar surface area (TPSA) is 75.3 Å². The highest BCUT2D eigenvalue weighted by Crippen LogP contribution is 2.09. The van der Waals surface area contributed by atoms with E-state index in [2.05, 4.69) is 22.2 Å². The quantitative estimate of drug-likeness (QED) is 0.622. The van der Waals surface area contributed by atoms with Gasteiger partial charge in [-0.15, -0.1) is 0 Å². The third-order valence-electron chi connectivity index (χ3n) is 4.58. The van der Waals surface area contributed by atoms with Gasteiger partial charge < -0.3 is 5.32 Å². The molecule has 0 aliphatic rings. The second-order valence-electron chi connectivity index (χ2n) is 7.53. The summed E-state index contributed by atoms with van der Waals surface area (Å²) in [6.45, 7) is 5.58. The Morgan fingerprint density at radius 3 is 2.14 bits per heavy atom. The van der Waals surface area contributed by atoms with E-state index in [4.69, 9.17) is 0 Å². The van der Waals surface area contributed by atoms with Crippen LogP contribution in [-0.2, 0) is 21.2 Å². The lowest BCUT2D eigenvalue weighted by molar-refractivity contribution is -0.124.